The van der Waals surface area contributed by atoms with Crippen LogP contribution in [0.15, 0.2) is 78.9 Å². The number of rotatable bonds is 9. The maximum Gasteiger partial charge on any atom is 0.305 e. The van der Waals surface area contributed by atoms with Crippen molar-refractivity contribution in [1.29, 1.82) is 0 Å². The fraction of sp³-hybridized carbons (Fsp3) is 0.200. The van der Waals surface area contributed by atoms with E-state index in [-0.39, 0.29) is 18.2 Å². The monoisotopic (exact) mass is 422 g/mol. The lowest BCUT2D eigenvalue weighted by molar-refractivity contribution is -0.140. The summed E-state index contributed by atoms with van der Waals surface area (Å²) in [6.45, 7) is 0.418. The lowest BCUT2D eigenvalue weighted by atomic mass is 9.87. The van der Waals surface area contributed by atoms with Gasteiger partial charge < -0.3 is 9.47 Å². The summed E-state index contributed by atoms with van der Waals surface area (Å²) in [6.07, 6.45) is 0.502. The van der Waals surface area contributed by atoms with E-state index in [9.17, 15) is 9.59 Å². The van der Waals surface area contributed by atoms with E-state index in [1.807, 2.05) is 48.5 Å². The number of ether oxygens (including phenoxy) is 2. The van der Waals surface area contributed by atoms with Gasteiger partial charge in [0.15, 0.2) is 5.78 Å². The number of hydrogen-bond donors (Lipinski definition) is 0. The van der Waals surface area contributed by atoms with Gasteiger partial charge in [-0.25, -0.2) is 0 Å². The molecule has 0 saturated carbocycles. The predicted octanol–water partition coefficient (Wildman–Crippen LogP) is 5.84. The summed E-state index contributed by atoms with van der Waals surface area (Å²) in [4.78, 5) is 25.0. The fourth-order valence-corrected chi connectivity index (χ4v) is 3.32. The maximum atomic E-state index is 13.3. The highest BCUT2D eigenvalue weighted by Gasteiger charge is 2.23. The van der Waals surface area contributed by atoms with E-state index in [2.05, 4.69) is 0 Å². The van der Waals surface area contributed by atoms with Crippen molar-refractivity contribution in [3.05, 3.63) is 101 Å². The van der Waals surface area contributed by atoms with Crippen LogP contribution in [-0.4, -0.2) is 18.9 Å². The molecule has 1 unspecified atom stereocenters. The molecule has 0 aliphatic heterocycles. The van der Waals surface area contributed by atoms with Crippen LogP contribution in [-0.2, 0) is 16.1 Å². The van der Waals surface area contributed by atoms with Crippen molar-refractivity contribution in [2.75, 3.05) is 7.11 Å². The Labute approximate surface area is 181 Å². The number of hydrogen-bond acceptors (Lipinski definition) is 4. The van der Waals surface area contributed by atoms with E-state index < -0.39 is 5.92 Å². The number of methoxy groups -OCH3 is 1. The minimum atomic E-state index is -0.481. The molecule has 3 aromatic rings. The number of benzene rings is 3. The molecule has 5 heteroatoms. The van der Waals surface area contributed by atoms with Gasteiger partial charge in [0.2, 0.25) is 0 Å². The van der Waals surface area contributed by atoms with Crippen molar-refractivity contribution in [2.45, 2.75) is 25.4 Å². The van der Waals surface area contributed by atoms with E-state index in [0.717, 1.165) is 11.1 Å². The number of esters is 1. The number of halogens is 1. The van der Waals surface area contributed by atoms with Crippen molar-refractivity contribution >= 4 is 23.4 Å². The largest absolute Gasteiger partial charge is 0.489 e. The highest BCUT2D eigenvalue weighted by Crippen LogP contribution is 2.28. The summed E-state index contributed by atoms with van der Waals surface area (Å²) in [5.74, 6) is -0.286. The molecular weight excluding hydrogens is 400 g/mol. The molecule has 0 bridgehead atoms. The number of ketones is 1. The van der Waals surface area contributed by atoms with Gasteiger partial charge in [-0.1, -0.05) is 66.2 Å². The Bertz CT molecular complexity index is 984. The summed E-state index contributed by atoms with van der Waals surface area (Å²) in [6, 6.07) is 24.1. The predicted molar refractivity (Wildman–Crippen MR) is 117 cm³/mol. The Balaban J connectivity index is 1.79. The Hall–Kier alpha value is -3.11. The van der Waals surface area contributed by atoms with Gasteiger partial charge in [-0.15, -0.1) is 0 Å². The van der Waals surface area contributed by atoms with Crippen molar-refractivity contribution in [2.24, 2.45) is 0 Å². The van der Waals surface area contributed by atoms with Crippen molar-refractivity contribution < 1.29 is 19.1 Å². The van der Waals surface area contributed by atoms with Gasteiger partial charge in [0.25, 0.3) is 0 Å². The summed E-state index contributed by atoms with van der Waals surface area (Å²) in [7, 11) is 1.34. The number of carbonyl (C=O) groups is 2. The molecule has 30 heavy (non-hydrogen) atoms. The van der Waals surface area contributed by atoms with Crippen molar-refractivity contribution in [1.82, 2.24) is 0 Å². The van der Waals surface area contributed by atoms with Crippen LogP contribution in [0.3, 0.4) is 0 Å². The standard InChI is InChI=1S/C25H23ClO4/c1-29-24(27)15-14-23(19-10-12-21(26)13-11-19)25(28)20-8-5-9-22(16-20)30-17-18-6-3-2-4-7-18/h2-13,16,23H,14-15,17H2,1H3. The smallest absolute Gasteiger partial charge is 0.305 e. The first kappa shape index (κ1) is 21.6. The Morgan fingerprint density at radius 3 is 2.37 bits per heavy atom. The average molecular weight is 423 g/mol. The van der Waals surface area contributed by atoms with Crippen LogP contribution in [0.5, 0.6) is 5.75 Å². The van der Waals surface area contributed by atoms with E-state index in [1.165, 1.54) is 7.11 Å². The molecule has 0 fully saturated rings. The van der Waals surface area contributed by atoms with Gasteiger partial charge in [0, 0.05) is 22.9 Å². The van der Waals surface area contributed by atoms with Crippen LogP contribution < -0.4 is 4.74 Å². The summed E-state index contributed by atoms with van der Waals surface area (Å²) in [5.41, 5.74) is 2.39. The number of carbonyl (C=O) groups excluding carboxylic acids is 2. The molecule has 0 aliphatic rings. The van der Waals surface area contributed by atoms with Crippen molar-refractivity contribution in [3.63, 3.8) is 0 Å². The average Bonchev–Trinajstić information content (AvgIpc) is 2.79. The van der Waals surface area contributed by atoms with Crippen LogP contribution in [0.4, 0.5) is 0 Å². The molecule has 0 heterocycles. The van der Waals surface area contributed by atoms with E-state index >= 15 is 0 Å². The maximum absolute atomic E-state index is 13.3. The molecule has 0 aliphatic carbocycles. The normalized spacial score (nSPS) is 11.5. The topological polar surface area (TPSA) is 52.6 Å². The van der Waals surface area contributed by atoms with E-state index in [0.29, 0.717) is 29.4 Å². The first-order chi connectivity index (χ1) is 14.6. The Morgan fingerprint density at radius 2 is 1.67 bits per heavy atom. The summed E-state index contributed by atoms with van der Waals surface area (Å²) in [5, 5.41) is 0.592. The van der Waals surface area contributed by atoms with Gasteiger partial charge in [-0.05, 0) is 41.8 Å². The van der Waals surface area contributed by atoms with Crippen LogP contribution in [0.25, 0.3) is 0 Å². The second kappa shape index (κ2) is 10.6. The van der Waals surface area contributed by atoms with E-state index in [4.69, 9.17) is 21.1 Å². The summed E-state index contributed by atoms with van der Waals surface area (Å²) >= 11 is 5.99. The second-order valence-electron chi connectivity index (χ2n) is 6.89. The molecule has 3 rings (SSSR count). The zero-order valence-electron chi connectivity index (χ0n) is 16.7. The molecule has 154 valence electrons. The molecule has 3 aromatic carbocycles. The van der Waals surface area contributed by atoms with Gasteiger partial charge in [-0.2, -0.15) is 0 Å². The molecule has 0 radical (unpaired) electrons. The zero-order chi connectivity index (χ0) is 21.3. The highest BCUT2D eigenvalue weighted by atomic mass is 35.5. The molecule has 0 N–H and O–H groups in total. The minimum Gasteiger partial charge on any atom is -0.489 e. The quantitative estimate of drug-likeness (QED) is 0.321. The SMILES string of the molecule is COC(=O)CCC(C(=O)c1cccc(OCc2ccccc2)c1)c1ccc(Cl)cc1. The third kappa shape index (κ3) is 5.94. The lowest BCUT2D eigenvalue weighted by Gasteiger charge is -2.17. The fourth-order valence-electron chi connectivity index (χ4n) is 3.19. The summed E-state index contributed by atoms with van der Waals surface area (Å²) < 4.78 is 10.6. The first-order valence-corrected chi connectivity index (χ1v) is 10.1. The van der Waals surface area contributed by atoms with E-state index in [1.54, 1.807) is 30.3 Å². The molecular formula is C25H23ClO4. The third-order valence-electron chi connectivity index (χ3n) is 4.82. The molecule has 0 amide bonds. The molecule has 1 atom stereocenters. The Morgan fingerprint density at radius 1 is 0.933 bits per heavy atom. The minimum absolute atomic E-state index is 0.0774. The highest BCUT2D eigenvalue weighted by molar-refractivity contribution is 6.30. The Kier molecular flexibility index (Phi) is 7.63. The third-order valence-corrected chi connectivity index (χ3v) is 5.07. The molecule has 0 aromatic heterocycles. The van der Waals surface area contributed by atoms with Gasteiger partial charge in [0.05, 0.1) is 7.11 Å². The number of Topliss-reactive ketones (excluding diaryl/α,β-unsaturated/α-hetero) is 1. The van der Waals surface area contributed by atoms with Crippen LogP contribution in [0, 0.1) is 0 Å². The molecule has 0 spiro atoms. The van der Waals surface area contributed by atoms with Gasteiger partial charge in [-0.3, -0.25) is 9.59 Å². The molecule has 0 saturated heterocycles. The van der Waals surface area contributed by atoms with Crippen LogP contribution in [0.1, 0.15) is 40.2 Å². The van der Waals surface area contributed by atoms with Crippen LogP contribution in [0.2, 0.25) is 5.02 Å². The second-order valence-corrected chi connectivity index (χ2v) is 7.32. The molecule has 4 nitrogen and oxygen atoms in total. The van der Waals surface area contributed by atoms with Gasteiger partial charge >= 0.3 is 5.97 Å². The lowest BCUT2D eigenvalue weighted by Crippen LogP contribution is -2.15. The van der Waals surface area contributed by atoms with Crippen LogP contribution >= 0.6 is 11.6 Å². The van der Waals surface area contributed by atoms with Gasteiger partial charge in [0.1, 0.15) is 12.4 Å². The zero-order valence-corrected chi connectivity index (χ0v) is 17.5. The first-order valence-electron chi connectivity index (χ1n) is 9.70. The van der Waals surface area contributed by atoms with Crippen molar-refractivity contribution in [3.8, 4) is 5.75 Å².